The smallest absolute Gasteiger partial charge is 0.345 e. The van der Waals surface area contributed by atoms with Crippen LogP contribution in [0.1, 0.15) is 119 Å². The number of benzene rings is 2. The second-order valence-electron chi connectivity index (χ2n) is 15.2. The third-order valence-electron chi connectivity index (χ3n) is 9.53. The highest BCUT2D eigenvalue weighted by Crippen LogP contribution is 2.50. The summed E-state index contributed by atoms with van der Waals surface area (Å²) in [6.07, 6.45) is -0.482. The number of aromatic amines is 1. The molecule has 1 aromatic heterocycles. The van der Waals surface area contributed by atoms with Crippen LogP contribution < -0.4 is 5.32 Å². The average Bonchev–Trinajstić information content (AvgIpc) is 3.62. The normalized spacial score (nSPS) is 21.0. The van der Waals surface area contributed by atoms with Gasteiger partial charge >= 0.3 is 6.18 Å². The molecule has 9 nitrogen and oxygen atoms in total. The molecule has 5 rings (SSSR count). The van der Waals surface area contributed by atoms with E-state index in [0.717, 1.165) is 37.0 Å². The fraction of sp³-hybridized carbons (Fsp3) is 0.543. The maximum Gasteiger partial charge on any atom is 0.416 e. The predicted octanol–water partition coefficient (Wildman–Crippen LogP) is 7.93. The lowest BCUT2D eigenvalue weighted by molar-refractivity contribution is -0.137. The topological polar surface area (TPSA) is 116 Å². The van der Waals surface area contributed by atoms with Crippen LogP contribution in [0.4, 0.5) is 13.2 Å². The monoisotopic (exact) mass is 685 g/mol. The fourth-order valence-electron chi connectivity index (χ4n) is 6.81. The summed E-state index contributed by atoms with van der Waals surface area (Å²) < 4.78 is 41.5. The summed E-state index contributed by atoms with van der Waals surface area (Å²) in [6, 6.07) is 9.88. The van der Waals surface area contributed by atoms with E-state index in [0.29, 0.717) is 36.6 Å². The number of aliphatic imine (C=N–C) groups is 1. The van der Waals surface area contributed by atoms with Crippen molar-refractivity contribution in [2.45, 2.75) is 104 Å². The first-order chi connectivity index (χ1) is 22.4. The van der Waals surface area contributed by atoms with Crippen molar-refractivity contribution in [1.82, 2.24) is 30.8 Å². The number of nitrogens with one attached hydrogen (secondary N) is 2. The third kappa shape index (κ3) is 7.90. The molecule has 1 unspecified atom stereocenters. The molecular weight excluding hydrogens is 643 g/mol. The van der Waals surface area contributed by atoms with Gasteiger partial charge in [-0.2, -0.15) is 18.4 Å². The van der Waals surface area contributed by atoms with E-state index < -0.39 is 29.4 Å². The van der Waals surface area contributed by atoms with Gasteiger partial charge in [0.25, 0.3) is 11.8 Å². The minimum Gasteiger partial charge on any atom is -0.345 e. The largest absolute Gasteiger partial charge is 0.416 e. The van der Waals surface area contributed by atoms with Crippen LogP contribution in [0.25, 0.3) is 0 Å². The third-order valence-corrected chi connectivity index (χ3v) is 9.75. The minimum atomic E-state index is -4.64. The van der Waals surface area contributed by atoms with Crippen molar-refractivity contribution in [3.05, 3.63) is 75.6 Å². The van der Waals surface area contributed by atoms with Crippen molar-refractivity contribution >= 4 is 29.1 Å². The number of hydrogen-bond donors (Lipinski definition) is 2. The summed E-state index contributed by atoms with van der Waals surface area (Å²) in [4.78, 5) is 34.4. The van der Waals surface area contributed by atoms with E-state index in [1.165, 1.54) is 6.07 Å². The maximum absolute atomic E-state index is 14.6. The van der Waals surface area contributed by atoms with Gasteiger partial charge in [0.05, 0.1) is 18.2 Å². The zero-order valence-corrected chi connectivity index (χ0v) is 29.0. The molecule has 2 aromatic carbocycles. The molecule has 1 atom stereocenters. The number of nitrogens with zero attached hydrogens (tertiary/aromatic N) is 5. The zero-order chi connectivity index (χ0) is 35.1. The van der Waals surface area contributed by atoms with Gasteiger partial charge in [-0.05, 0) is 91.2 Å². The number of amides is 2. The predicted molar refractivity (Wildman–Crippen MR) is 177 cm³/mol. The summed E-state index contributed by atoms with van der Waals surface area (Å²) in [5.41, 5.74) is -0.579. The van der Waals surface area contributed by atoms with E-state index >= 15 is 0 Å². The lowest BCUT2D eigenvalue weighted by atomic mass is 9.69. The fourth-order valence-corrected chi connectivity index (χ4v) is 7.05. The van der Waals surface area contributed by atoms with Crippen LogP contribution in [0.3, 0.4) is 0 Å². The molecule has 1 fully saturated rings. The maximum atomic E-state index is 14.6. The van der Waals surface area contributed by atoms with Crippen LogP contribution in [0.5, 0.6) is 0 Å². The minimum absolute atomic E-state index is 0.00423. The van der Waals surface area contributed by atoms with Crippen molar-refractivity contribution < 1.29 is 22.8 Å². The average molecular weight is 686 g/mol. The van der Waals surface area contributed by atoms with E-state index in [9.17, 15) is 22.8 Å². The van der Waals surface area contributed by atoms with E-state index in [1.54, 1.807) is 12.1 Å². The van der Waals surface area contributed by atoms with Crippen molar-refractivity contribution in [2.24, 2.45) is 21.7 Å². The van der Waals surface area contributed by atoms with Crippen molar-refractivity contribution in [2.75, 3.05) is 0 Å². The van der Waals surface area contributed by atoms with E-state index in [4.69, 9.17) is 16.6 Å². The van der Waals surface area contributed by atoms with Gasteiger partial charge in [0, 0.05) is 16.1 Å². The summed E-state index contributed by atoms with van der Waals surface area (Å²) in [7, 11) is 0. The lowest BCUT2D eigenvalue weighted by Crippen LogP contribution is -2.51. The molecule has 0 bridgehead atoms. The molecule has 1 aliphatic heterocycles. The summed E-state index contributed by atoms with van der Waals surface area (Å²) in [6.45, 7) is 13.1. The number of carbonyl (C=O) groups excluding carboxylic acids is 2. The van der Waals surface area contributed by atoms with E-state index in [1.807, 2.05) is 17.0 Å². The van der Waals surface area contributed by atoms with Gasteiger partial charge in [-0.25, -0.2) is 0 Å². The molecule has 0 saturated heterocycles. The standard InChI is InChI=1S/C35H43ClF3N7O2/c1-32(2,3)14-13-27(21-7-9-22(10-8-21)30(47)40-20-28-42-44-45-43-28)46-31(48)29(23-17-25(35(37,38)39)19-26(36)18-23)41-34(46)15-11-24(12-16-34)33(4,5)6/h7-10,17-19,24,27H,11-16,20H2,1-6H3,(H,40,47)(H,42,43,44,45). The van der Waals surface area contributed by atoms with Crippen LogP contribution in [-0.4, -0.2) is 48.7 Å². The Hall–Kier alpha value is -3.80. The number of hydrogen-bond acceptors (Lipinski definition) is 6. The number of rotatable bonds is 8. The number of carbonyl (C=O) groups is 2. The molecule has 3 aromatic rings. The lowest BCUT2D eigenvalue weighted by Gasteiger charge is -2.47. The second kappa shape index (κ2) is 13.2. The van der Waals surface area contributed by atoms with Gasteiger partial charge < -0.3 is 10.2 Å². The quantitative estimate of drug-likeness (QED) is 0.250. The number of H-pyrrole nitrogens is 1. The molecule has 2 aliphatic rings. The molecule has 2 N–H and O–H groups in total. The van der Waals surface area contributed by atoms with Gasteiger partial charge in [0.1, 0.15) is 11.4 Å². The molecule has 1 aliphatic carbocycles. The number of aromatic nitrogens is 4. The highest BCUT2D eigenvalue weighted by molar-refractivity contribution is 6.47. The first-order valence-corrected chi connectivity index (χ1v) is 16.7. The molecular formula is C35H43ClF3N7O2. The summed E-state index contributed by atoms with van der Waals surface area (Å²) in [5.74, 6) is 0.0130. The Kier molecular flexibility index (Phi) is 9.80. The van der Waals surface area contributed by atoms with Crippen LogP contribution in [0, 0.1) is 16.7 Å². The second-order valence-corrected chi connectivity index (χ2v) is 15.7. The van der Waals surface area contributed by atoms with Crippen LogP contribution >= 0.6 is 11.6 Å². The molecule has 2 amide bonds. The van der Waals surface area contributed by atoms with Gasteiger partial charge in [0.15, 0.2) is 5.82 Å². The van der Waals surface area contributed by atoms with Crippen LogP contribution in [0.2, 0.25) is 5.02 Å². The molecule has 1 spiro atoms. The van der Waals surface area contributed by atoms with Gasteiger partial charge in [0.2, 0.25) is 0 Å². The van der Waals surface area contributed by atoms with Gasteiger partial charge in [-0.3, -0.25) is 14.6 Å². The van der Waals surface area contributed by atoms with Crippen molar-refractivity contribution in [3.8, 4) is 0 Å². The van der Waals surface area contributed by atoms with E-state index in [2.05, 4.69) is 67.5 Å². The number of tetrazole rings is 1. The van der Waals surface area contributed by atoms with Gasteiger partial charge in [-0.1, -0.05) is 70.5 Å². The van der Waals surface area contributed by atoms with Gasteiger partial charge in [-0.15, -0.1) is 10.2 Å². The Morgan fingerprint density at radius 3 is 2.29 bits per heavy atom. The van der Waals surface area contributed by atoms with E-state index in [-0.39, 0.29) is 39.6 Å². The highest BCUT2D eigenvalue weighted by Gasteiger charge is 2.53. The summed E-state index contributed by atoms with van der Waals surface area (Å²) in [5, 5.41) is 16.2. The molecule has 0 radical (unpaired) electrons. The first-order valence-electron chi connectivity index (χ1n) is 16.3. The highest BCUT2D eigenvalue weighted by atomic mass is 35.5. The Morgan fingerprint density at radius 2 is 1.73 bits per heavy atom. The zero-order valence-electron chi connectivity index (χ0n) is 28.2. The number of halogens is 4. The van der Waals surface area contributed by atoms with Crippen molar-refractivity contribution in [1.29, 1.82) is 0 Å². The van der Waals surface area contributed by atoms with Crippen molar-refractivity contribution in [3.63, 3.8) is 0 Å². The van der Waals surface area contributed by atoms with Crippen LogP contribution in [-0.2, 0) is 17.5 Å². The Labute approximate surface area is 284 Å². The molecule has 1 saturated carbocycles. The molecule has 258 valence electrons. The Bertz CT molecular complexity index is 1650. The van der Waals surface area contributed by atoms with Crippen LogP contribution in [0.15, 0.2) is 47.5 Å². The molecule has 2 heterocycles. The SMILES string of the molecule is CC(C)(C)CCC(c1ccc(C(=O)NCc2nn[nH]n2)cc1)N1C(=O)C(c2cc(Cl)cc(C(F)(F)F)c2)=NC12CCC(C(C)(C)C)CC2. The summed E-state index contributed by atoms with van der Waals surface area (Å²) >= 11 is 6.19. The first kappa shape index (κ1) is 35.5. The Balaban J connectivity index is 1.54. The Morgan fingerprint density at radius 1 is 1.06 bits per heavy atom. The number of alkyl halides is 3. The molecule has 13 heteroatoms. The molecule has 48 heavy (non-hydrogen) atoms.